The third-order valence-corrected chi connectivity index (χ3v) is 2.32. The summed E-state index contributed by atoms with van der Waals surface area (Å²) in [6.07, 6.45) is 2.01. The van der Waals surface area contributed by atoms with Gasteiger partial charge >= 0.3 is 0 Å². The lowest BCUT2D eigenvalue weighted by Gasteiger charge is -2.13. The quantitative estimate of drug-likeness (QED) is 0.523. The van der Waals surface area contributed by atoms with Crippen LogP contribution in [0.3, 0.4) is 0 Å². The molecule has 0 radical (unpaired) electrons. The molecular weight excluding hydrogens is 230 g/mol. The van der Waals surface area contributed by atoms with E-state index in [-0.39, 0.29) is 17.9 Å². The van der Waals surface area contributed by atoms with Gasteiger partial charge in [-0.05, 0) is 12.8 Å². The van der Waals surface area contributed by atoms with Crippen LogP contribution in [0.1, 0.15) is 27.2 Å². The first kappa shape index (κ1) is 16.6. The van der Waals surface area contributed by atoms with Gasteiger partial charge in [-0.15, -0.1) is 6.58 Å². The Balaban J connectivity index is 3.66. The first-order chi connectivity index (χ1) is 8.47. The van der Waals surface area contributed by atoms with Crippen molar-refractivity contribution in [1.82, 2.24) is 16.0 Å². The number of hydrogen-bond donors (Lipinski definition) is 3. The molecule has 0 aliphatic rings. The molecule has 0 saturated carbocycles. The van der Waals surface area contributed by atoms with Gasteiger partial charge in [0.2, 0.25) is 11.8 Å². The van der Waals surface area contributed by atoms with E-state index in [1.807, 2.05) is 13.8 Å². The molecular formula is C13H25N3O2. The Hall–Kier alpha value is -1.36. The molecule has 0 aromatic carbocycles. The zero-order valence-corrected chi connectivity index (χ0v) is 11.6. The highest BCUT2D eigenvalue weighted by molar-refractivity contribution is 5.81. The minimum Gasteiger partial charge on any atom is -0.356 e. The van der Waals surface area contributed by atoms with Crippen molar-refractivity contribution in [2.45, 2.75) is 33.2 Å². The van der Waals surface area contributed by atoms with Crippen LogP contribution >= 0.6 is 0 Å². The summed E-state index contributed by atoms with van der Waals surface area (Å²) in [5, 5.41) is 8.52. The Morgan fingerprint density at radius 2 is 1.89 bits per heavy atom. The fourth-order valence-electron chi connectivity index (χ4n) is 1.23. The zero-order valence-electron chi connectivity index (χ0n) is 11.6. The van der Waals surface area contributed by atoms with Crippen molar-refractivity contribution in [1.29, 1.82) is 0 Å². The van der Waals surface area contributed by atoms with Crippen LogP contribution in [-0.4, -0.2) is 37.5 Å². The molecule has 0 aliphatic heterocycles. The monoisotopic (exact) mass is 255 g/mol. The molecule has 104 valence electrons. The predicted molar refractivity (Wildman–Crippen MR) is 73.1 cm³/mol. The van der Waals surface area contributed by atoms with Crippen molar-refractivity contribution in [3.8, 4) is 0 Å². The van der Waals surface area contributed by atoms with Crippen molar-refractivity contribution in [2.75, 3.05) is 19.6 Å². The maximum absolute atomic E-state index is 11.5. The number of hydrogen-bond acceptors (Lipinski definition) is 3. The van der Waals surface area contributed by atoms with Crippen molar-refractivity contribution in [3.63, 3.8) is 0 Å². The van der Waals surface area contributed by atoms with E-state index in [1.54, 1.807) is 13.0 Å². The van der Waals surface area contributed by atoms with E-state index in [4.69, 9.17) is 0 Å². The van der Waals surface area contributed by atoms with Crippen LogP contribution in [0.2, 0.25) is 0 Å². The minimum atomic E-state index is -0.303. The molecule has 3 N–H and O–H groups in total. The lowest BCUT2D eigenvalue weighted by Crippen LogP contribution is -2.43. The van der Waals surface area contributed by atoms with Gasteiger partial charge in [0.1, 0.15) is 0 Å². The molecule has 2 amide bonds. The number of carbonyl (C=O) groups excluding carboxylic acids is 2. The minimum absolute atomic E-state index is 0.00917. The summed E-state index contributed by atoms with van der Waals surface area (Å²) < 4.78 is 0. The molecule has 0 rings (SSSR count). The smallest absolute Gasteiger partial charge is 0.237 e. The van der Waals surface area contributed by atoms with E-state index in [9.17, 15) is 9.59 Å². The standard InChI is InChI=1S/C13H25N3O2/c1-5-7-15-13(18)11(4)14-8-6-12(17)16-9-10(2)3/h5,10-11,14H,1,6-9H2,2-4H3,(H,15,18)(H,16,17). The fourth-order valence-corrected chi connectivity index (χ4v) is 1.23. The Morgan fingerprint density at radius 1 is 1.22 bits per heavy atom. The molecule has 0 fully saturated rings. The van der Waals surface area contributed by atoms with E-state index in [0.29, 0.717) is 32.0 Å². The van der Waals surface area contributed by atoms with Gasteiger partial charge in [0.25, 0.3) is 0 Å². The zero-order chi connectivity index (χ0) is 14.0. The van der Waals surface area contributed by atoms with Crippen LogP contribution in [-0.2, 0) is 9.59 Å². The highest BCUT2D eigenvalue weighted by Gasteiger charge is 2.11. The Morgan fingerprint density at radius 3 is 2.44 bits per heavy atom. The molecule has 1 unspecified atom stereocenters. The van der Waals surface area contributed by atoms with Crippen LogP contribution in [0.25, 0.3) is 0 Å². The second kappa shape index (κ2) is 9.65. The van der Waals surface area contributed by atoms with Crippen molar-refractivity contribution >= 4 is 11.8 Å². The van der Waals surface area contributed by atoms with Gasteiger partial charge in [0.15, 0.2) is 0 Å². The Labute approximate surface area is 109 Å². The van der Waals surface area contributed by atoms with Gasteiger partial charge in [-0.1, -0.05) is 19.9 Å². The van der Waals surface area contributed by atoms with Crippen LogP contribution in [0.5, 0.6) is 0 Å². The SMILES string of the molecule is C=CCNC(=O)C(C)NCCC(=O)NCC(C)C. The average Bonchev–Trinajstić information content (AvgIpc) is 2.33. The average molecular weight is 255 g/mol. The molecule has 0 bridgehead atoms. The lowest BCUT2D eigenvalue weighted by molar-refractivity contribution is -0.123. The second-order valence-electron chi connectivity index (χ2n) is 4.66. The van der Waals surface area contributed by atoms with Gasteiger partial charge < -0.3 is 16.0 Å². The highest BCUT2D eigenvalue weighted by atomic mass is 16.2. The molecule has 5 nitrogen and oxygen atoms in total. The molecule has 18 heavy (non-hydrogen) atoms. The van der Waals surface area contributed by atoms with E-state index < -0.39 is 0 Å². The lowest BCUT2D eigenvalue weighted by atomic mass is 10.2. The summed E-state index contributed by atoms with van der Waals surface area (Å²) in [4.78, 5) is 22.9. The van der Waals surface area contributed by atoms with Crippen molar-refractivity contribution in [3.05, 3.63) is 12.7 Å². The summed E-state index contributed by atoms with van der Waals surface area (Å²) in [7, 11) is 0. The first-order valence-corrected chi connectivity index (χ1v) is 6.36. The van der Waals surface area contributed by atoms with E-state index in [1.165, 1.54) is 0 Å². The largest absolute Gasteiger partial charge is 0.356 e. The number of rotatable bonds is 9. The maximum atomic E-state index is 11.5. The van der Waals surface area contributed by atoms with Gasteiger partial charge in [0, 0.05) is 26.1 Å². The molecule has 0 aromatic rings. The topological polar surface area (TPSA) is 70.2 Å². The normalized spacial score (nSPS) is 12.0. The van der Waals surface area contributed by atoms with Crippen LogP contribution in [0.4, 0.5) is 0 Å². The summed E-state index contributed by atoms with van der Waals surface area (Å²) in [6, 6.07) is -0.303. The third kappa shape index (κ3) is 8.75. The van der Waals surface area contributed by atoms with E-state index in [0.717, 1.165) is 0 Å². The number of carbonyl (C=O) groups is 2. The molecule has 0 aliphatic carbocycles. The summed E-state index contributed by atoms with van der Waals surface area (Å²) in [5.74, 6) is 0.373. The van der Waals surface area contributed by atoms with E-state index in [2.05, 4.69) is 22.5 Å². The van der Waals surface area contributed by atoms with Gasteiger partial charge in [0.05, 0.1) is 6.04 Å². The van der Waals surface area contributed by atoms with Crippen LogP contribution in [0.15, 0.2) is 12.7 Å². The van der Waals surface area contributed by atoms with Gasteiger partial charge in [-0.2, -0.15) is 0 Å². The Kier molecular flexibility index (Phi) is 8.92. The molecule has 0 saturated heterocycles. The van der Waals surface area contributed by atoms with Crippen molar-refractivity contribution in [2.24, 2.45) is 5.92 Å². The molecule has 1 atom stereocenters. The molecule has 5 heteroatoms. The molecule has 0 heterocycles. The Bertz CT molecular complexity index is 277. The maximum Gasteiger partial charge on any atom is 0.237 e. The highest BCUT2D eigenvalue weighted by Crippen LogP contribution is 1.89. The molecule has 0 spiro atoms. The van der Waals surface area contributed by atoms with Crippen molar-refractivity contribution < 1.29 is 9.59 Å². The van der Waals surface area contributed by atoms with Crippen LogP contribution < -0.4 is 16.0 Å². The first-order valence-electron chi connectivity index (χ1n) is 6.36. The predicted octanol–water partition coefficient (Wildman–Crippen LogP) is 0.429. The summed E-state index contributed by atoms with van der Waals surface area (Å²) in [5.41, 5.74) is 0. The van der Waals surface area contributed by atoms with Gasteiger partial charge in [-0.3, -0.25) is 9.59 Å². The number of nitrogens with one attached hydrogen (secondary N) is 3. The molecule has 0 aromatic heterocycles. The summed E-state index contributed by atoms with van der Waals surface area (Å²) >= 11 is 0. The number of amides is 2. The van der Waals surface area contributed by atoms with E-state index >= 15 is 0 Å². The van der Waals surface area contributed by atoms with Crippen LogP contribution in [0, 0.1) is 5.92 Å². The summed E-state index contributed by atoms with van der Waals surface area (Å²) in [6.45, 7) is 11.0. The second-order valence-corrected chi connectivity index (χ2v) is 4.66. The van der Waals surface area contributed by atoms with Gasteiger partial charge in [-0.25, -0.2) is 0 Å². The third-order valence-electron chi connectivity index (χ3n) is 2.32. The fraction of sp³-hybridized carbons (Fsp3) is 0.692.